The Balaban J connectivity index is 2.30. The number of hydrogen-bond acceptors (Lipinski definition) is 6. The predicted octanol–water partition coefficient (Wildman–Crippen LogP) is 1.02. The van der Waals surface area contributed by atoms with Crippen LogP contribution in [0, 0.1) is 10.1 Å². The van der Waals surface area contributed by atoms with Crippen molar-refractivity contribution in [3.05, 3.63) is 28.3 Å². The van der Waals surface area contributed by atoms with Gasteiger partial charge < -0.3 is 10.1 Å². The Morgan fingerprint density at radius 2 is 2.18 bits per heavy atom. The number of nitro groups is 1. The van der Waals surface area contributed by atoms with Crippen LogP contribution in [0.5, 0.6) is 5.75 Å². The number of ether oxygens (including phenoxy) is 1. The van der Waals surface area contributed by atoms with Crippen LogP contribution in [-0.2, 0) is 10.0 Å². The molecule has 0 spiro atoms. The minimum Gasteiger partial charge on any atom is -0.497 e. The summed E-state index contributed by atoms with van der Waals surface area (Å²) in [6.07, 6.45) is 2.60. The van der Waals surface area contributed by atoms with Crippen LogP contribution in [0.3, 0.4) is 0 Å². The van der Waals surface area contributed by atoms with Gasteiger partial charge in [0.2, 0.25) is 10.0 Å². The summed E-state index contributed by atoms with van der Waals surface area (Å²) < 4.78 is 32.4. The minimum absolute atomic E-state index is 0.238. The van der Waals surface area contributed by atoms with Crippen LogP contribution in [-0.4, -0.2) is 39.6 Å². The molecule has 122 valence electrons. The average Bonchev–Trinajstić information content (AvgIpc) is 2.74. The number of rotatable bonds is 5. The molecule has 1 aromatic rings. The molecular weight excluding hydrogens is 310 g/mol. The standard InChI is InChI=1S/C13H19N3O5S/c1-21-11-5-6-13(12(8-11)16(17)18)22(19,20)15-10-4-2-3-7-14-9-10/h5-6,8,10,14-15H,2-4,7,9H2,1H3. The molecule has 22 heavy (non-hydrogen) atoms. The van der Waals surface area contributed by atoms with Gasteiger partial charge in [0.1, 0.15) is 5.75 Å². The van der Waals surface area contributed by atoms with E-state index < -0.39 is 20.6 Å². The molecule has 0 amide bonds. The molecule has 1 heterocycles. The molecule has 9 heteroatoms. The van der Waals surface area contributed by atoms with Gasteiger partial charge in [-0.15, -0.1) is 0 Å². The Morgan fingerprint density at radius 1 is 1.41 bits per heavy atom. The SMILES string of the molecule is COc1ccc(S(=O)(=O)NC2CCCCNC2)c([N+](=O)[O-])c1. The van der Waals surface area contributed by atoms with Crippen LogP contribution < -0.4 is 14.8 Å². The number of nitrogens with one attached hydrogen (secondary N) is 2. The van der Waals surface area contributed by atoms with Crippen LogP contribution >= 0.6 is 0 Å². The molecule has 1 aliphatic heterocycles. The van der Waals surface area contributed by atoms with Gasteiger partial charge in [-0.05, 0) is 31.5 Å². The normalized spacial score (nSPS) is 19.4. The van der Waals surface area contributed by atoms with Gasteiger partial charge >= 0.3 is 0 Å². The molecule has 0 bridgehead atoms. The molecule has 2 rings (SSSR count). The first-order valence-electron chi connectivity index (χ1n) is 6.99. The maximum Gasteiger partial charge on any atom is 0.293 e. The number of sulfonamides is 1. The van der Waals surface area contributed by atoms with Crippen molar-refractivity contribution in [1.29, 1.82) is 0 Å². The second-order valence-corrected chi connectivity index (χ2v) is 6.79. The first kappa shape index (κ1) is 16.7. The molecule has 0 aliphatic carbocycles. The lowest BCUT2D eigenvalue weighted by atomic mass is 10.2. The molecule has 0 radical (unpaired) electrons. The summed E-state index contributed by atoms with van der Waals surface area (Å²) in [5, 5.41) is 14.3. The Morgan fingerprint density at radius 3 is 2.86 bits per heavy atom. The van der Waals surface area contributed by atoms with Crippen molar-refractivity contribution in [3.63, 3.8) is 0 Å². The van der Waals surface area contributed by atoms with Crippen LogP contribution in [0.25, 0.3) is 0 Å². The second kappa shape index (κ2) is 7.03. The summed E-state index contributed by atoms with van der Waals surface area (Å²) in [6.45, 7) is 1.37. The van der Waals surface area contributed by atoms with Crippen LogP contribution in [0.4, 0.5) is 5.69 Å². The second-order valence-electron chi connectivity index (χ2n) is 5.11. The summed E-state index contributed by atoms with van der Waals surface area (Å²) >= 11 is 0. The van der Waals surface area contributed by atoms with Gasteiger partial charge in [-0.3, -0.25) is 10.1 Å². The zero-order chi connectivity index (χ0) is 16.2. The summed E-state index contributed by atoms with van der Waals surface area (Å²) in [5.41, 5.74) is -0.492. The van der Waals surface area contributed by atoms with E-state index in [9.17, 15) is 18.5 Å². The molecule has 2 N–H and O–H groups in total. The maximum absolute atomic E-state index is 12.5. The maximum atomic E-state index is 12.5. The number of methoxy groups -OCH3 is 1. The molecule has 0 saturated carbocycles. The Labute approximate surface area is 129 Å². The first-order chi connectivity index (χ1) is 10.4. The van der Waals surface area contributed by atoms with Gasteiger partial charge in [0.25, 0.3) is 5.69 Å². The highest BCUT2D eigenvalue weighted by Gasteiger charge is 2.29. The molecule has 0 aromatic heterocycles. The lowest BCUT2D eigenvalue weighted by Crippen LogP contribution is -2.40. The largest absolute Gasteiger partial charge is 0.497 e. The number of hydrogen-bond donors (Lipinski definition) is 2. The molecule has 1 saturated heterocycles. The predicted molar refractivity (Wildman–Crippen MR) is 80.5 cm³/mol. The van der Waals surface area contributed by atoms with E-state index in [4.69, 9.17) is 4.74 Å². The van der Waals surface area contributed by atoms with Gasteiger partial charge in [-0.1, -0.05) is 6.42 Å². The third kappa shape index (κ3) is 3.93. The molecule has 1 aromatic carbocycles. The van der Waals surface area contributed by atoms with Crippen molar-refractivity contribution in [2.24, 2.45) is 0 Å². The van der Waals surface area contributed by atoms with Gasteiger partial charge in [0.05, 0.1) is 18.1 Å². The quantitative estimate of drug-likeness (QED) is 0.616. The van der Waals surface area contributed by atoms with Crippen LogP contribution in [0.15, 0.2) is 23.1 Å². The number of benzene rings is 1. The van der Waals surface area contributed by atoms with Crippen molar-refractivity contribution >= 4 is 15.7 Å². The highest BCUT2D eigenvalue weighted by Crippen LogP contribution is 2.28. The van der Waals surface area contributed by atoms with E-state index >= 15 is 0 Å². The summed E-state index contributed by atoms with van der Waals surface area (Å²) in [6, 6.07) is 3.44. The fourth-order valence-electron chi connectivity index (χ4n) is 2.40. The zero-order valence-electron chi connectivity index (χ0n) is 12.2. The fourth-order valence-corrected chi connectivity index (χ4v) is 3.82. The lowest BCUT2D eigenvalue weighted by molar-refractivity contribution is -0.387. The molecule has 1 aliphatic rings. The van der Waals surface area contributed by atoms with E-state index in [1.54, 1.807) is 0 Å². The number of nitrogens with zero attached hydrogens (tertiary/aromatic N) is 1. The van der Waals surface area contributed by atoms with E-state index in [0.29, 0.717) is 13.0 Å². The molecule has 1 atom stereocenters. The first-order valence-corrected chi connectivity index (χ1v) is 8.48. The molecule has 1 unspecified atom stereocenters. The minimum atomic E-state index is -3.96. The van der Waals surface area contributed by atoms with Crippen molar-refractivity contribution in [2.45, 2.75) is 30.2 Å². The highest BCUT2D eigenvalue weighted by atomic mass is 32.2. The van der Waals surface area contributed by atoms with Gasteiger partial charge in [0, 0.05) is 12.6 Å². The Hall–Kier alpha value is -1.71. The summed E-state index contributed by atoms with van der Waals surface area (Å²) in [5.74, 6) is 0.238. The monoisotopic (exact) mass is 329 g/mol. The summed E-state index contributed by atoms with van der Waals surface area (Å²) in [4.78, 5) is 10.1. The third-order valence-corrected chi connectivity index (χ3v) is 5.09. The topological polar surface area (TPSA) is 111 Å². The van der Waals surface area contributed by atoms with Crippen molar-refractivity contribution in [3.8, 4) is 5.75 Å². The third-order valence-electron chi connectivity index (χ3n) is 3.52. The average molecular weight is 329 g/mol. The zero-order valence-corrected chi connectivity index (χ0v) is 13.1. The van der Waals surface area contributed by atoms with Gasteiger partial charge in [-0.2, -0.15) is 0 Å². The van der Waals surface area contributed by atoms with E-state index in [-0.39, 0.29) is 16.7 Å². The van der Waals surface area contributed by atoms with Gasteiger partial charge in [-0.25, -0.2) is 13.1 Å². The van der Waals surface area contributed by atoms with Crippen molar-refractivity contribution in [2.75, 3.05) is 20.2 Å². The van der Waals surface area contributed by atoms with Crippen LogP contribution in [0.1, 0.15) is 19.3 Å². The van der Waals surface area contributed by atoms with Gasteiger partial charge in [0.15, 0.2) is 4.90 Å². The Bertz CT molecular complexity index is 639. The number of nitro benzene ring substituents is 1. The molecule has 8 nitrogen and oxygen atoms in total. The Kier molecular flexibility index (Phi) is 5.33. The van der Waals surface area contributed by atoms with Crippen LogP contribution in [0.2, 0.25) is 0 Å². The lowest BCUT2D eigenvalue weighted by Gasteiger charge is -2.16. The van der Waals surface area contributed by atoms with E-state index in [2.05, 4.69) is 10.0 Å². The molecular formula is C13H19N3O5S. The molecule has 1 fully saturated rings. The summed E-state index contributed by atoms with van der Waals surface area (Å²) in [7, 11) is -2.60. The van der Waals surface area contributed by atoms with E-state index in [0.717, 1.165) is 25.5 Å². The smallest absolute Gasteiger partial charge is 0.293 e. The van der Waals surface area contributed by atoms with E-state index in [1.165, 1.54) is 19.2 Å². The van der Waals surface area contributed by atoms with Crippen molar-refractivity contribution < 1.29 is 18.1 Å². The van der Waals surface area contributed by atoms with Crippen molar-refractivity contribution in [1.82, 2.24) is 10.0 Å². The fraction of sp³-hybridized carbons (Fsp3) is 0.538. The highest BCUT2D eigenvalue weighted by molar-refractivity contribution is 7.89. The van der Waals surface area contributed by atoms with E-state index in [1.807, 2.05) is 0 Å².